The Hall–Kier alpha value is -1.54. The van der Waals surface area contributed by atoms with Crippen molar-refractivity contribution in [2.75, 3.05) is 26.8 Å². The van der Waals surface area contributed by atoms with Crippen molar-refractivity contribution >= 4 is 5.69 Å². The van der Waals surface area contributed by atoms with Gasteiger partial charge in [-0.1, -0.05) is 0 Å². The summed E-state index contributed by atoms with van der Waals surface area (Å²) in [5.41, 5.74) is 0.568. The molecule has 3 N–H and O–H groups in total. The fraction of sp³-hybridized carbons (Fsp3) is 0.500. The molecule has 0 spiro atoms. The average Bonchev–Trinajstić information content (AvgIpc) is 2.39. The molecule has 0 aromatic heterocycles. The van der Waals surface area contributed by atoms with Gasteiger partial charge in [-0.3, -0.25) is 10.1 Å². The first-order valence-corrected chi connectivity index (χ1v) is 5.84. The summed E-state index contributed by atoms with van der Waals surface area (Å²) < 4.78 is 4.77. The number of methoxy groups -OCH3 is 1. The molecule has 0 amide bonds. The Bertz CT molecular complexity index is 396. The molecule has 0 bridgehead atoms. The van der Waals surface area contributed by atoms with E-state index in [0.717, 1.165) is 0 Å². The number of hydrogen-bond acceptors (Lipinski definition) is 6. The van der Waals surface area contributed by atoms with Gasteiger partial charge in [-0.05, 0) is 17.7 Å². The SMILES string of the molecule is COCC(O)CNCC(O)c1ccc([N+](=O)[O-])cc1. The van der Waals surface area contributed by atoms with Gasteiger partial charge in [0, 0.05) is 32.3 Å². The Labute approximate surface area is 111 Å². The van der Waals surface area contributed by atoms with Gasteiger partial charge >= 0.3 is 0 Å². The van der Waals surface area contributed by atoms with E-state index in [1.165, 1.54) is 31.4 Å². The molecule has 0 heterocycles. The molecule has 1 aromatic carbocycles. The van der Waals surface area contributed by atoms with Crippen LogP contribution >= 0.6 is 0 Å². The van der Waals surface area contributed by atoms with Crippen molar-refractivity contribution in [1.29, 1.82) is 0 Å². The maximum Gasteiger partial charge on any atom is 0.269 e. The molecule has 0 fully saturated rings. The quantitative estimate of drug-likeness (QED) is 0.461. The van der Waals surface area contributed by atoms with Crippen LogP contribution in [0.4, 0.5) is 5.69 Å². The van der Waals surface area contributed by atoms with Gasteiger partial charge in [0.05, 0.1) is 23.7 Å². The summed E-state index contributed by atoms with van der Waals surface area (Å²) in [6, 6.07) is 5.71. The lowest BCUT2D eigenvalue weighted by Gasteiger charge is -2.14. The Balaban J connectivity index is 2.40. The Morgan fingerprint density at radius 2 is 1.95 bits per heavy atom. The molecule has 0 aliphatic heterocycles. The van der Waals surface area contributed by atoms with Crippen LogP contribution in [-0.2, 0) is 4.74 Å². The highest BCUT2D eigenvalue weighted by Crippen LogP contribution is 2.17. The highest BCUT2D eigenvalue weighted by atomic mass is 16.6. The van der Waals surface area contributed by atoms with Crippen LogP contribution in [0.3, 0.4) is 0 Å². The molecule has 106 valence electrons. The molecule has 0 aliphatic carbocycles. The number of nitrogens with zero attached hydrogens (tertiary/aromatic N) is 1. The standard InChI is InChI=1S/C12H18N2O5/c1-19-8-11(15)6-13-7-12(16)9-2-4-10(5-3-9)14(17)18/h2-5,11-13,15-16H,6-8H2,1H3. The van der Waals surface area contributed by atoms with Gasteiger partial charge in [-0.2, -0.15) is 0 Å². The molecule has 0 radical (unpaired) electrons. The number of aliphatic hydroxyl groups is 2. The molecule has 7 nitrogen and oxygen atoms in total. The van der Waals surface area contributed by atoms with E-state index >= 15 is 0 Å². The van der Waals surface area contributed by atoms with Crippen LogP contribution in [0.25, 0.3) is 0 Å². The van der Waals surface area contributed by atoms with E-state index in [1.807, 2.05) is 0 Å². The third-order valence-corrected chi connectivity index (χ3v) is 2.57. The second kappa shape index (κ2) is 7.80. The summed E-state index contributed by atoms with van der Waals surface area (Å²) in [6.45, 7) is 0.775. The number of benzene rings is 1. The molecule has 1 rings (SSSR count). The predicted octanol–water partition coefficient (Wildman–Crippen LogP) is 0.225. The fourth-order valence-corrected chi connectivity index (χ4v) is 1.57. The van der Waals surface area contributed by atoms with Gasteiger partial charge in [-0.25, -0.2) is 0 Å². The summed E-state index contributed by atoms with van der Waals surface area (Å²) in [4.78, 5) is 9.99. The van der Waals surface area contributed by atoms with Gasteiger partial charge in [0.1, 0.15) is 0 Å². The van der Waals surface area contributed by atoms with Gasteiger partial charge in [0.2, 0.25) is 0 Å². The van der Waals surface area contributed by atoms with Crippen LogP contribution in [0.2, 0.25) is 0 Å². The number of nitrogens with one attached hydrogen (secondary N) is 1. The number of non-ortho nitro benzene ring substituents is 1. The number of aliphatic hydroxyl groups excluding tert-OH is 2. The number of nitro benzene ring substituents is 1. The van der Waals surface area contributed by atoms with Crippen molar-refractivity contribution < 1.29 is 19.9 Å². The van der Waals surface area contributed by atoms with Gasteiger partial charge < -0.3 is 20.3 Å². The topological polar surface area (TPSA) is 105 Å². The maximum absolute atomic E-state index is 10.5. The molecular weight excluding hydrogens is 252 g/mol. The van der Waals surface area contributed by atoms with E-state index in [4.69, 9.17) is 4.74 Å². The third-order valence-electron chi connectivity index (χ3n) is 2.57. The van der Waals surface area contributed by atoms with E-state index < -0.39 is 17.1 Å². The summed E-state index contributed by atoms with van der Waals surface area (Å²) in [6.07, 6.45) is -1.41. The number of nitro groups is 1. The largest absolute Gasteiger partial charge is 0.389 e. The zero-order valence-electron chi connectivity index (χ0n) is 10.7. The Kier molecular flexibility index (Phi) is 6.37. The van der Waals surface area contributed by atoms with Crippen LogP contribution in [0.1, 0.15) is 11.7 Å². The third kappa shape index (κ3) is 5.31. The summed E-state index contributed by atoms with van der Waals surface area (Å²) in [5.74, 6) is 0. The summed E-state index contributed by atoms with van der Waals surface area (Å²) in [7, 11) is 1.49. The summed E-state index contributed by atoms with van der Waals surface area (Å²) in [5, 5.41) is 32.6. The number of ether oxygens (including phenoxy) is 1. The van der Waals surface area contributed by atoms with E-state index in [1.54, 1.807) is 0 Å². The zero-order chi connectivity index (χ0) is 14.3. The molecule has 2 unspecified atom stereocenters. The first kappa shape index (κ1) is 15.5. The van der Waals surface area contributed by atoms with Crippen LogP contribution < -0.4 is 5.32 Å². The Morgan fingerprint density at radius 1 is 1.32 bits per heavy atom. The van der Waals surface area contributed by atoms with Crippen molar-refractivity contribution in [2.45, 2.75) is 12.2 Å². The van der Waals surface area contributed by atoms with Crippen molar-refractivity contribution in [3.05, 3.63) is 39.9 Å². The molecule has 0 saturated heterocycles. The lowest BCUT2D eigenvalue weighted by Crippen LogP contribution is -2.32. The highest BCUT2D eigenvalue weighted by molar-refractivity contribution is 5.33. The molecule has 7 heteroatoms. The first-order valence-electron chi connectivity index (χ1n) is 5.84. The molecule has 0 aliphatic rings. The minimum absolute atomic E-state index is 0.0144. The fourth-order valence-electron chi connectivity index (χ4n) is 1.57. The zero-order valence-corrected chi connectivity index (χ0v) is 10.7. The van der Waals surface area contributed by atoms with Crippen molar-refractivity contribution in [2.24, 2.45) is 0 Å². The number of hydrogen-bond donors (Lipinski definition) is 3. The summed E-state index contributed by atoms with van der Waals surface area (Å²) >= 11 is 0. The van der Waals surface area contributed by atoms with Crippen molar-refractivity contribution in [3.63, 3.8) is 0 Å². The first-order chi connectivity index (χ1) is 9.04. The smallest absolute Gasteiger partial charge is 0.269 e. The second-order valence-corrected chi connectivity index (χ2v) is 4.13. The minimum atomic E-state index is -0.782. The average molecular weight is 270 g/mol. The molecule has 0 saturated carbocycles. The lowest BCUT2D eigenvalue weighted by atomic mass is 10.1. The van der Waals surface area contributed by atoms with Gasteiger partial charge in [0.15, 0.2) is 0 Å². The molecule has 19 heavy (non-hydrogen) atoms. The van der Waals surface area contributed by atoms with E-state index in [-0.39, 0.29) is 18.8 Å². The van der Waals surface area contributed by atoms with E-state index in [0.29, 0.717) is 12.1 Å². The van der Waals surface area contributed by atoms with Gasteiger partial charge in [-0.15, -0.1) is 0 Å². The second-order valence-electron chi connectivity index (χ2n) is 4.13. The maximum atomic E-state index is 10.5. The molecule has 1 aromatic rings. The van der Waals surface area contributed by atoms with Crippen LogP contribution in [0, 0.1) is 10.1 Å². The van der Waals surface area contributed by atoms with Gasteiger partial charge in [0.25, 0.3) is 5.69 Å². The predicted molar refractivity (Wildman–Crippen MR) is 68.8 cm³/mol. The minimum Gasteiger partial charge on any atom is -0.389 e. The lowest BCUT2D eigenvalue weighted by molar-refractivity contribution is -0.384. The van der Waals surface area contributed by atoms with Crippen LogP contribution in [-0.4, -0.2) is 48.0 Å². The number of rotatable bonds is 8. The van der Waals surface area contributed by atoms with E-state index in [9.17, 15) is 20.3 Å². The normalized spacial score (nSPS) is 14.1. The monoisotopic (exact) mass is 270 g/mol. The Morgan fingerprint density at radius 3 is 2.47 bits per heavy atom. The van der Waals surface area contributed by atoms with E-state index in [2.05, 4.69) is 5.32 Å². The molecule has 2 atom stereocenters. The highest BCUT2D eigenvalue weighted by Gasteiger charge is 2.11. The van der Waals surface area contributed by atoms with Crippen molar-refractivity contribution in [1.82, 2.24) is 5.32 Å². The molecular formula is C12H18N2O5. The van der Waals surface area contributed by atoms with Crippen molar-refractivity contribution in [3.8, 4) is 0 Å². The van der Waals surface area contributed by atoms with Crippen LogP contribution in [0.5, 0.6) is 0 Å². The van der Waals surface area contributed by atoms with Crippen LogP contribution in [0.15, 0.2) is 24.3 Å².